The highest BCUT2D eigenvalue weighted by Crippen LogP contribution is 2.26. The van der Waals surface area contributed by atoms with Crippen LogP contribution in [0, 0.1) is 0 Å². The van der Waals surface area contributed by atoms with Crippen molar-refractivity contribution in [2.24, 2.45) is 0 Å². The van der Waals surface area contributed by atoms with Gasteiger partial charge in [0.2, 0.25) is 0 Å². The first kappa shape index (κ1) is 21.4. The van der Waals surface area contributed by atoms with E-state index < -0.39 is 0 Å². The van der Waals surface area contributed by atoms with Crippen molar-refractivity contribution in [2.45, 2.75) is 26.3 Å². The number of aromatic nitrogens is 2. The second kappa shape index (κ2) is 9.54. The molecule has 0 aliphatic carbocycles. The number of carbonyl (C=O) groups excluding carboxylic acids is 1. The summed E-state index contributed by atoms with van der Waals surface area (Å²) in [6.45, 7) is 3.08. The smallest absolute Gasteiger partial charge is 0.255 e. The molecule has 4 rings (SSSR count). The number of hydrogen-bond donors (Lipinski definition) is 0. The normalized spacial score (nSPS) is 11.1. The number of nitrogens with zero attached hydrogens (tertiary/aromatic N) is 3. The van der Waals surface area contributed by atoms with Gasteiger partial charge in [0.05, 0.1) is 28.2 Å². The molecule has 0 aliphatic rings. The van der Waals surface area contributed by atoms with E-state index in [1.165, 1.54) is 0 Å². The predicted molar refractivity (Wildman–Crippen MR) is 127 cm³/mol. The van der Waals surface area contributed by atoms with Crippen LogP contribution in [0.1, 0.15) is 35.9 Å². The minimum absolute atomic E-state index is 0.146. The van der Waals surface area contributed by atoms with Crippen LogP contribution in [0.4, 0.5) is 0 Å². The predicted octanol–water partition coefficient (Wildman–Crippen LogP) is 6.77. The minimum Gasteiger partial charge on any atom is -0.331 e. The van der Waals surface area contributed by atoms with Gasteiger partial charge >= 0.3 is 0 Å². The summed E-state index contributed by atoms with van der Waals surface area (Å²) in [5.74, 6) is 0.655. The standard InChI is InChI=1S/C25H23Cl2N3O/c1-2-3-15-29(25(31)20-16-18(26)13-14-21(20)27)17-24-28-22-11-7-8-12-23(22)30(24)19-9-5-4-6-10-19/h4-14,16H,2-3,15,17H2,1H3. The number of fused-ring (bicyclic) bond motifs is 1. The molecule has 0 aliphatic heterocycles. The molecule has 1 heterocycles. The molecule has 0 saturated carbocycles. The van der Waals surface area contributed by atoms with E-state index in [0.717, 1.165) is 35.4 Å². The number of hydrogen-bond acceptors (Lipinski definition) is 2. The maximum absolute atomic E-state index is 13.4. The average molecular weight is 452 g/mol. The fourth-order valence-electron chi connectivity index (χ4n) is 3.65. The maximum atomic E-state index is 13.4. The molecular weight excluding hydrogens is 429 g/mol. The number of halogens is 2. The van der Waals surface area contributed by atoms with Crippen molar-refractivity contribution in [1.29, 1.82) is 0 Å². The number of unbranched alkanes of at least 4 members (excludes halogenated alkanes) is 1. The van der Waals surface area contributed by atoms with Crippen LogP contribution < -0.4 is 0 Å². The number of benzene rings is 3. The Morgan fingerprint density at radius 2 is 1.74 bits per heavy atom. The summed E-state index contributed by atoms with van der Waals surface area (Å²) in [4.78, 5) is 20.1. The van der Waals surface area contributed by atoms with Crippen LogP contribution in [0.25, 0.3) is 16.7 Å². The average Bonchev–Trinajstić information content (AvgIpc) is 3.16. The highest BCUT2D eigenvalue weighted by Gasteiger charge is 2.22. The van der Waals surface area contributed by atoms with Crippen LogP contribution in [-0.4, -0.2) is 26.9 Å². The largest absolute Gasteiger partial charge is 0.331 e. The molecule has 0 fully saturated rings. The molecule has 0 radical (unpaired) electrons. The van der Waals surface area contributed by atoms with E-state index in [4.69, 9.17) is 28.2 Å². The van der Waals surface area contributed by atoms with Crippen molar-refractivity contribution in [3.8, 4) is 5.69 Å². The van der Waals surface area contributed by atoms with Gasteiger partial charge in [0.15, 0.2) is 0 Å². The van der Waals surface area contributed by atoms with E-state index >= 15 is 0 Å². The molecule has 4 nitrogen and oxygen atoms in total. The second-order valence-corrected chi connectivity index (χ2v) is 8.24. The molecule has 0 atom stereocenters. The molecule has 0 unspecified atom stereocenters. The highest BCUT2D eigenvalue weighted by molar-refractivity contribution is 6.35. The van der Waals surface area contributed by atoms with E-state index in [0.29, 0.717) is 28.7 Å². The number of imidazole rings is 1. The Bertz CT molecular complexity index is 1200. The molecule has 4 aromatic rings. The fourth-order valence-corrected chi connectivity index (χ4v) is 4.02. The fraction of sp³-hybridized carbons (Fsp3) is 0.200. The SMILES string of the molecule is CCCCN(Cc1nc2ccccc2n1-c1ccccc1)C(=O)c1cc(Cl)ccc1Cl. The minimum atomic E-state index is -0.146. The van der Waals surface area contributed by atoms with E-state index in [1.54, 1.807) is 18.2 Å². The highest BCUT2D eigenvalue weighted by atomic mass is 35.5. The summed E-state index contributed by atoms with van der Waals surface area (Å²) >= 11 is 12.5. The Labute approximate surface area is 192 Å². The zero-order chi connectivity index (χ0) is 21.8. The van der Waals surface area contributed by atoms with Gasteiger partial charge in [0.25, 0.3) is 5.91 Å². The summed E-state index contributed by atoms with van der Waals surface area (Å²) < 4.78 is 2.11. The third-order valence-corrected chi connectivity index (χ3v) is 5.77. The molecule has 1 amide bonds. The first-order chi connectivity index (χ1) is 15.1. The van der Waals surface area contributed by atoms with Crippen molar-refractivity contribution in [3.05, 3.63) is 94.2 Å². The topological polar surface area (TPSA) is 38.1 Å². The van der Waals surface area contributed by atoms with Crippen LogP contribution in [0.5, 0.6) is 0 Å². The van der Waals surface area contributed by atoms with Crippen LogP contribution in [-0.2, 0) is 6.54 Å². The van der Waals surface area contributed by atoms with Gasteiger partial charge < -0.3 is 4.90 Å². The lowest BCUT2D eigenvalue weighted by atomic mass is 10.2. The van der Waals surface area contributed by atoms with Crippen molar-refractivity contribution >= 4 is 40.1 Å². The summed E-state index contributed by atoms with van der Waals surface area (Å²) in [6.07, 6.45) is 1.86. The van der Waals surface area contributed by atoms with Gasteiger partial charge in [-0.15, -0.1) is 0 Å². The van der Waals surface area contributed by atoms with Gasteiger partial charge in [0.1, 0.15) is 5.82 Å². The van der Waals surface area contributed by atoms with Crippen LogP contribution in [0.3, 0.4) is 0 Å². The Morgan fingerprint density at radius 3 is 2.52 bits per heavy atom. The van der Waals surface area contributed by atoms with E-state index in [9.17, 15) is 4.79 Å². The Balaban J connectivity index is 1.77. The number of carbonyl (C=O) groups is 1. The van der Waals surface area contributed by atoms with Gasteiger partial charge in [-0.1, -0.05) is 66.9 Å². The lowest BCUT2D eigenvalue weighted by molar-refractivity contribution is 0.0736. The van der Waals surface area contributed by atoms with Crippen molar-refractivity contribution < 1.29 is 4.79 Å². The van der Waals surface area contributed by atoms with Crippen molar-refractivity contribution in [1.82, 2.24) is 14.5 Å². The van der Waals surface area contributed by atoms with E-state index in [-0.39, 0.29) is 5.91 Å². The Hall–Kier alpha value is -2.82. The van der Waals surface area contributed by atoms with Gasteiger partial charge in [0, 0.05) is 17.3 Å². The molecule has 3 aromatic carbocycles. The lowest BCUT2D eigenvalue weighted by Gasteiger charge is -2.23. The first-order valence-electron chi connectivity index (χ1n) is 10.3. The molecule has 0 saturated heterocycles. The summed E-state index contributed by atoms with van der Waals surface area (Å²) in [5.41, 5.74) is 3.32. The van der Waals surface area contributed by atoms with Crippen molar-refractivity contribution in [2.75, 3.05) is 6.54 Å². The first-order valence-corrected chi connectivity index (χ1v) is 11.1. The summed E-state index contributed by atoms with van der Waals surface area (Å²) in [7, 11) is 0. The number of amides is 1. The summed E-state index contributed by atoms with van der Waals surface area (Å²) in [6, 6.07) is 23.1. The van der Waals surface area contributed by atoms with E-state index in [2.05, 4.69) is 11.5 Å². The van der Waals surface area contributed by atoms with Crippen LogP contribution >= 0.6 is 23.2 Å². The van der Waals surface area contributed by atoms with E-state index in [1.807, 2.05) is 59.5 Å². The molecule has 0 N–H and O–H groups in total. The zero-order valence-electron chi connectivity index (χ0n) is 17.3. The summed E-state index contributed by atoms with van der Waals surface area (Å²) in [5, 5.41) is 0.882. The van der Waals surface area contributed by atoms with Crippen LogP contribution in [0.2, 0.25) is 10.0 Å². The van der Waals surface area contributed by atoms with Gasteiger partial charge in [-0.3, -0.25) is 9.36 Å². The second-order valence-electron chi connectivity index (χ2n) is 7.39. The number of para-hydroxylation sites is 3. The molecule has 0 bridgehead atoms. The van der Waals surface area contributed by atoms with Crippen molar-refractivity contribution in [3.63, 3.8) is 0 Å². The number of rotatable bonds is 7. The Kier molecular flexibility index (Phi) is 6.59. The molecular formula is C25H23Cl2N3O. The lowest BCUT2D eigenvalue weighted by Crippen LogP contribution is -2.32. The molecule has 1 aromatic heterocycles. The monoisotopic (exact) mass is 451 g/mol. The third-order valence-electron chi connectivity index (χ3n) is 5.20. The Morgan fingerprint density at radius 1 is 1.00 bits per heavy atom. The molecule has 158 valence electrons. The third kappa shape index (κ3) is 4.60. The molecule has 31 heavy (non-hydrogen) atoms. The zero-order valence-corrected chi connectivity index (χ0v) is 18.8. The van der Waals surface area contributed by atoms with Gasteiger partial charge in [-0.05, 0) is 48.9 Å². The van der Waals surface area contributed by atoms with Gasteiger partial charge in [-0.2, -0.15) is 0 Å². The van der Waals surface area contributed by atoms with Crippen LogP contribution in [0.15, 0.2) is 72.8 Å². The molecule has 0 spiro atoms. The molecule has 6 heteroatoms. The van der Waals surface area contributed by atoms with Gasteiger partial charge in [-0.25, -0.2) is 4.98 Å². The maximum Gasteiger partial charge on any atom is 0.255 e. The quantitative estimate of drug-likeness (QED) is 0.310.